The molecule has 0 spiro atoms. The van der Waals surface area contributed by atoms with E-state index in [-0.39, 0.29) is 27.3 Å². The fourth-order valence-corrected chi connectivity index (χ4v) is 3.11. The fraction of sp³-hybridized carbons (Fsp3) is 0.0588. The van der Waals surface area contributed by atoms with Gasteiger partial charge in [-0.05, 0) is 6.07 Å². The summed E-state index contributed by atoms with van der Waals surface area (Å²) in [6, 6.07) is 14.4. The Labute approximate surface area is 141 Å². The number of nitrogens with zero attached hydrogens (tertiary/aromatic N) is 2. The Hall–Kier alpha value is -1.76. The van der Waals surface area contributed by atoms with Crippen molar-refractivity contribution in [2.45, 2.75) is 6.54 Å². The molecule has 0 unspecified atom stereocenters. The first-order chi connectivity index (χ1) is 9.92. The van der Waals surface area contributed by atoms with Crippen molar-refractivity contribution in [1.29, 1.82) is 0 Å². The van der Waals surface area contributed by atoms with Gasteiger partial charge in [-0.2, -0.15) is 16.7 Å². The first-order valence-electron chi connectivity index (χ1n) is 6.62. The summed E-state index contributed by atoms with van der Waals surface area (Å²) >= 11 is 0. The molecule has 4 aromatic rings. The van der Waals surface area contributed by atoms with Gasteiger partial charge in [0.25, 0.3) is 0 Å². The van der Waals surface area contributed by atoms with Crippen LogP contribution >= 0.6 is 0 Å². The SMILES string of the molecule is [Cd].[c-]1ccc2c(n1)oc1c3c(ccc12)C[n+]1ccccc1-3. The standard InChI is InChI=1S/C17H10N2O.Cd/c1-2-9-19-10-11-6-7-12-13-4-3-8-18-17(13)20-16(12)15(11)14(19)5-1;/h1-7,9H,10H2;. The molecular formula is C17H10CdN2O. The average Bonchev–Trinajstić information content (AvgIpc) is 3.04. The van der Waals surface area contributed by atoms with Gasteiger partial charge in [0.05, 0.1) is 5.56 Å². The number of aromatic nitrogens is 2. The minimum atomic E-state index is 0. The number of hydrogen-bond donors (Lipinski definition) is 0. The van der Waals surface area contributed by atoms with Gasteiger partial charge in [0, 0.05) is 50.4 Å². The first kappa shape index (κ1) is 12.9. The summed E-state index contributed by atoms with van der Waals surface area (Å²) in [5, 5.41) is 2.17. The smallest absolute Gasteiger partial charge is 0.217 e. The molecule has 0 amide bonds. The molecule has 0 bridgehead atoms. The van der Waals surface area contributed by atoms with E-state index in [2.05, 4.69) is 52.3 Å². The van der Waals surface area contributed by atoms with Crippen LogP contribution in [0, 0.1) is 6.20 Å². The number of pyridine rings is 2. The van der Waals surface area contributed by atoms with Crippen LogP contribution in [0.4, 0.5) is 0 Å². The average molecular weight is 371 g/mol. The second kappa shape index (κ2) is 4.63. The van der Waals surface area contributed by atoms with E-state index in [0.29, 0.717) is 5.71 Å². The Morgan fingerprint density at radius 3 is 3.00 bits per heavy atom. The molecule has 0 saturated heterocycles. The Morgan fingerprint density at radius 2 is 2.05 bits per heavy atom. The van der Waals surface area contributed by atoms with Gasteiger partial charge in [-0.3, -0.25) is 0 Å². The number of furan rings is 1. The normalized spacial score (nSPS) is 12.2. The van der Waals surface area contributed by atoms with Crippen LogP contribution in [0.5, 0.6) is 0 Å². The fourth-order valence-electron chi connectivity index (χ4n) is 3.11. The summed E-state index contributed by atoms with van der Waals surface area (Å²) < 4.78 is 8.24. The van der Waals surface area contributed by atoms with Gasteiger partial charge < -0.3 is 9.40 Å². The molecule has 0 N–H and O–H groups in total. The van der Waals surface area contributed by atoms with Gasteiger partial charge in [0.15, 0.2) is 12.7 Å². The van der Waals surface area contributed by atoms with Crippen LogP contribution < -0.4 is 4.57 Å². The molecule has 3 aromatic heterocycles. The maximum Gasteiger partial charge on any atom is 0.217 e. The molecule has 4 heterocycles. The summed E-state index contributed by atoms with van der Waals surface area (Å²) in [5.74, 6) is 0. The largest absolute Gasteiger partial charge is 0.497 e. The molecule has 0 fully saturated rings. The minimum Gasteiger partial charge on any atom is -0.497 e. The summed E-state index contributed by atoms with van der Waals surface area (Å²) in [6.45, 7) is 0.901. The zero-order valence-corrected chi connectivity index (χ0v) is 15.4. The molecule has 0 radical (unpaired) electrons. The summed E-state index contributed by atoms with van der Waals surface area (Å²) in [5.41, 5.74) is 5.29. The molecule has 96 valence electrons. The maximum absolute atomic E-state index is 6.00. The van der Waals surface area contributed by atoms with Crippen LogP contribution in [0.15, 0.2) is 53.1 Å². The van der Waals surface area contributed by atoms with Crippen molar-refractivity contribution in [2.75, 3.05) is 0 Å². The number of hydrogen-bond acceptors (Lipinski definition) is 2. The molecule has 21 heavy (non-hydrogen) atoms. The second-order valence-corrected chi connectivity index (χ2v) is 5.09. The molecule has 1 aromatic carbocycles. The van der Waals surface area contributed by atoms with Crippen molar-refractivity contribution in [3.8, 4) is 11.3 Å². The van der Waals surface area contributed by atoms with E-state index in [4.69, 9.17) is 4.42 Å². The molecule has 3 nitrogen and oxygen atoms in total. The van der Waals surface area contributed by atoms with Gasteiger partial charge in [0.2, 0.25) is 5.69 Å². The zero-order valence-electron chi connectivity index (χ0n) is 11.3. The second-order valence-electron chi connectivity index (χ2n) is 5.09. The van der Waals surface area contributed by atoms with Crippen LogP contribution in [0.1, 0.15) is 5.56 Å². The third kappa shape index (κ3) is 1.70. The number of fused-ring (bicyclic) bond motifs is 7. The monoisotopic (exact) mass is 372 g/mol. The molecule has 1 aliphatic rings. The summed E-state index contributed by atoms with van der Waals surface area (Å²) in [6.07, 6.45) is 4.94. The van der Waals surface area contributed by atoms with E-state index in [1.165, 1.54) is 16.8 Å². The molecule has 0 saturated carbocycles. The van der Waals surface area contributed by atoms with E-state index in [9.17, 15) is 0 Å². The molecular weight excluding hydrogens is 361 g/mol. The van der Waals surface area contributed by atoms with Crippen molar-refractivity contribution in [3.05, 3.63) is 60.4 Å². The van der Waals surface area contributed by atoms with E-state index in [1.54, 1.807) is 0 Å². The van der Waals surface area contributed by atoms with E-state index in [0.717, 1.165) is 22.9 Å². The molecule has 0 atom stereocenters. The predicted octanol–water partition coefficient (Wildman–Crippen LogP) is 3.09. The van der Waals surface area contributed by atoms with Gasteiger partial charge in [-0.1, -0.05) is 23.7 Å². The van der Waals surface area contributed by atoms with Crippen molar-refractivity contribution in [1.82, 2.24) is 4.98 Å². The first-order valence-corrected chi connectivity index (χ1v) is 6.62. The summed E-state index contributed by atoms with van der Waals surface area (Å²) in [4.78, 5) is 4.20. The topological polar surface area (TPSA) is 29.9 Å². The van der Waals surface area contributed by atoms with Crippen LogP contribution in [0.25, 0.3) is 33.3 Å². The third-order valence-electron chi connectivity index (χ3n) is 3.99. The van der Waals surface area contributed by atoms with Gasteiger partial charge >= 0.3 is 0 Å². The quantitative estimate of drug-likeness (QED) is 0.238. The van der Waals surface area contributed by atoms with Gasteiger partial charge in [-0.25, -0.2) is 0 Å². The maximum atomic E-state index is 6.00. The predicted molar refractivity (Wildman–Crippen MR) is 75.1 cm³/mol. The van der Waals surface area contributed by atoms with Crippen LogP contribution in [-0.2, 0) is 33.8 Å². The van der Waals surface area contributed by atoms with E-state index < -0.39 is 0 Å². The molecule has 5 rings (SSSR count). The Morgan fingerprint density at radius 1 is 1.10 bits per heavy atom. The van der Waals surface area contributed by atoms with Crippen molar-refractivity contribution < 1.29 is 36.3 Å². The van der Waals surface area contributed by atoms with Gasteiger partial charge in [0.1, 0.15) is 11.3 Å². The summed E-state index contributed by atoms with van der Waals surface area (Å²) in [7, 11) is 0. The van der Waals surface area contributed by atoms with Crippen molar-refractivity contribution >= 4 is 22.1 Å². The van der Waals surface area contributed by atoms with Crippen molar-refractivity contribution in [3.63, 3.8) is 0 Å². The number of benzene rings is 1. The van der Waals surface area contributed by atoms with Crippen molar-refractivity contribution in [2.24, 2.45) is 0 Å². The Balaban J connectivity index is 0.00000115. The van der Waals surface area contributed by atoms with E-state index >= 15 is 0 Å². The Kier molecular flexibility index (Phi) is 2.85. The number of rotatable bonds is 0. The minimum absolute atomic E-state index is 0. The van der Waals surface area contributed by atoms with Gasteiger partial charge in [-0.15, -0.1) is 0 Å². The Bertz CT molecular complexity index is 991. The zero-order chi connectivity index (χ0) is 13.1. The molecule has 4 heteroatoms. The van der Waals surface area contributed by atoms with Crippen LogP contribution in [0.2, 0.25) is 0 Å². The van der Waals surface area contributed by atoms with Crippen LogP contribution in [-0.4, -0.2) is 4.98 Å². The van der Waals surface area contributed by atoms with Crippen LogP contribution in [0.3, 0.4) is 0 Å². The molecule has 1 aliphatic heterocycles. The van der Waals surface area contributed by atoms with E-state index in [1.807, 2.05) is 12.1 Å². The molecule has 0 aliphatic carbocycles. The third-order valence-corrected chi connectivity index (χ3v) is 3.99.